The van der Waals surface area contributed by atoms with E-state index in [-0.39, 0.29) is 16.7 Å². The number of carbonyl (C=O) groups excluding carboxylic acids is 1. The van der Waals surface area contributed by atoms with E-state index in [0.717, 1.165) is 16.7 Å². The largest absolute Gasteiger partial charge is 0.363 e. The second-order valence-electron chi connectivity index (χ2n) is 8.07. The topological polar surface area (TPSA) is 102 Å². The van der Waals surface area contributed by atoms with E-state index in [0.29, 0.717) is 27.7 Å². The summed E-state index contributed by atoms with van der Waals surface area (Å²) in [5.74, 6) is -0.882. The zero-order valence-corrected chi connectivity index (χ0v) is 17.8. The molecule has 0 atom stereocenters. The molecule has 0 saturated heterocycles. The first-order valence-corrected chi connectivity index (χ1v) is 9.55. The number of amides is 1. The van der Waals surface area contributed by atoms with Crippen LogP contribution in [0.2, 0.25) is 5.02 Å². The molecule has 0 aliphatic carbocycles. The maximum atomic E-state index is 12.9. The molecule has 150 valence electrons. The molecule has 6 nitrogen and oxygen atoms in total. The highest BCUT2D eigenvalue weighted by Gasteiger charge is 2.20. The third kappa shape index (κ3) is 4.07. The molecule has 3 rings (SSSR count). The molecular formula is C22H23ClN4O2. The highest BCUT2D eigenvalue weighted by molar-refractivity contribution is 6.31. The van der Waals surface area contributed by atoms with Crippen LogP contribution in [0.4, 0.5) is 0 Å². The summed E-state index contributed by atoms with van der Waals surface area (Å²) in [5, 5.41) is 0.655. The van der Waals surface area contributed by atoms with Crippen LogP contribution in [0.25, 0.3) is 22.5 Å². The highest BCUT2D eigenvalue weighted by Crippen LogP contribution is 2.35. The van der Waals surface area contributed by atoms with Crippen LogP contribution < -0.4 is 11.2 Å². The molecule has 0 bridgehead atoms. The van der Waals surface area contributed by atoms with Crippen molar-refractivity contribution in [1.29, 1.82) is 0 Å². The maximum Gasteiger partial charge on any atom is 0.286 e. The number of benzene rings is 1. The lowest BCUT2D eigenvalue weighted by Gasteiger charge is -2.22. The van der Waals surface area contributed by atoms with Gasteiger partial charge in [0, 0.05) is 34.2 Å². The summed E-state index contributed by atoms with van der Waals surface area (Å²) in [6, 6.07) is 7.04. The monoisotopic (exact) mass is 410 g/mol. The molecule has 0 radical (unpaired) electrons. The van der Waals surface area contributed by atoms with Gasteiger partial charge in [-0.3, -0.25) is 9.59 Å². The average molecular weight is 411 g/mol. The summed E-state index contributed by atoms with van der Waals surface area (Å²) in [6.07, 6.45) is 1.41. The van der Waals surface area contributed by atoms with Crippen molar-refractivity contribution in [1.82, 2.24) is 15.0 Å². The number of pyridine rings is 1. The Kier molecular flexibility index (Phi) is 5.32. The number of nitrogens with zero attached hydrogens (tertiary/aromatic N) is 2. The Labute approximate surface area is 174 Å². The summed E-state index contributed by atoms with van der Waals surface area (Å²) in [4.78, 5) is 35.5. The Morgan fingerprint density at radius 3 is 2.45 bits per heavy atom. The average Bonchev–Trinajstić information content (AvgIpc) is 2.62. The number of aryl methyl sites for hydroxylation is 2. The molecule has 0 fully saturated rings. The third-order valence-electron chi connectivity index (χ3n) is 4.76. The fourth-order valence-electron chi connectivity index (χ4n) is 3.32. The van der Waals surface area contributed by atoms with Gasteiger partial charge in [-0.1, -0.05) is 38.4 Å². The zero-order chi connectivity index (χ0) is 21.5. The van der Waals surface area contributed by atoms with Gasteiger partial charge in [0.05, 0.1) is 11.3 Å². The SMILES string of the molecule is Cc1cc(C(C)(C)C)c(Cl)cc1-c1cc(=O)c(-c2ccnc(C(N)=O)n2)c(C)[nH]1. The van der Waals surface area contributed by atoms with Crippen LogP contribution in [-0.2, 0) is 5.41 Å². The quantitative estimate of drug-likeness (QED) is 0.676. The van der Waals surface area contributed by atoms with Crippen LogP contribution in [0.15, 0.2) is 35.3 Å². The molecular weight excluding hydrogens is 388 g/mol. The van der Waals surface area contributed by atoms with E-state index in [4.69, 9.17) is 17.3 Å². The van der Waals surface area contributed by atoms with Crippen molar-refractivity contribution in [3.8, 4) is 22.5 Å². The number of nitrogens with two attached hydrogens (primary N) is 1. The molecule has 2 heterocycles. The lowest BCUT2D eigenvalue weighted by molar-refractivity contribution is 0.0990. The van der Waals surface area contributed by atoms with Gasteiger partial charge >= 0.3 is 0 Å². The number of carbonyl (C=O) groups is 1. The van der Waals surface area contributed by atoms with E-state index in [1.165, 1.54) is 12.3 Å². The highest BCUT2D eigenvalue weighted by atomic mass is 35.5. The molecule has 1 amide bonds. The van der Waals surface area contributed by atoms with Gasteiger partial charge in [0.25, 0.3) is 5.91 Å². The van der Waals surface area contributed by atoms with Crippen LogP contribution in [0.5, 0.6) is 0 Å². The fraction of sp³-hybridized carbons (Fsp3) is 0.273. The van der Waals surface area contributed by atoms with Gasteiger partial charge in [-0.2, -0.15) is 0 Å². The van der Waals surface area contributed by atoms with Crippen molar-refractivity contribution in [2.45, 2.75) is 40.0 Å². The minimum Gasteiger partial charge on any atom is -0.363 e. The lowest BCUT2D eigenvalue weighted by Crippen LogP contribution is -2.17. The molecule has 3 N–H and O–H groups in total. The minimum atomic E-state index is -0.748. The number of nitrogens with one attached hydrogen (secondary N) is 1. The van der Waals surface area contributed by atoms with Crippen molar-refractivity contribution >= 4 is 17.5 Å². The van der Waals surface area contributed by atoms with Gasteiger partial charge in [-0.25, -0.2) is 9.97 Å². The summed E-state index contributed by atoms with van der Waals surface area (Å²) in [7, 11) is 0. The van der Waals surface area contributed by atoms with Crippen molar-refractivity contribution in [3.63, 3.8) is 0 Å². The van der Waals surface area contributed by atoms with Gasteiger partial charge in [0.1, 0.15) is 0 Å². The predicted molar refractivity (Wildman–Crippen MR) is 115 cm³/mol. The number of aromatic nitrogens is 3. The Balaban J connectivity index is 2.14. The molecule has 1 aromatic carbocycles. The van der Waals surface area contributed by atoms with Crippen molar-refractivity contribution in [2.24, 2.45) is 5.73 Å². The van der Waals surface area contributed by atoms with Crippen molar-refractivity contribution in [2.75, 3.05) is 0 Å². The van der Waals surface area contributed by atoms with Crippen molar-refractivity contribution in [3.05, 3.63) is 68.4 Å². The van der Waals surface area contributed by atoms with Crippen molar-refractivity contribution < 1.29 is 4.79 Å². The number of hydrogen-bond acceptors (Lipinski definition) is 4. The first-order chi connectivity index (χ1) is 13.5. The van der Waals surface area contributed by atoms with Gasteiger partial charge in [0.2, 0.25) is 5.82 Å². The predicted octanol–water partition coefficient (Wildman–Crippen LogP) is 4.17. The Morgan fingerprint density at radius 2 is 1.86 bits per heavy atom. The van der Waals surface area contributed by atoms with Gasteiger partial charge in [-0.05, 0) is 42.5 Å². The van der Waals surface area contributed by atoms with Crippen LogP contribution in [0.3, 0.4) is 0 Å². The zero-order valence-electron chi connectivity index (χ0n) is 17.1. The van der Waals surface area contributed by atoms with E-state index in [2.05, 4.69) is 41.8 Å². The fourth-order valence-corrected chi connectivity index (χ4v) is 3.76. The minimum absolute atomic E-state index is 0.0846. The number of halogens is 1. The molecule has 0 spiro atoms. The smallest absolute Gasteiger partial charge is 0.286 e. The van der Waals surface area contributed by atoms with Gasteiger partial charge in [-0.15, -0.1) is 0 Å². The number of H-pyrrole nitrogens is 1. The molecule has 29 heavy (non-hydrogen) atoms. The molecule has 0 saturated carbocycles. The van der Waals surface area contributed by atoms with E-state index in [9.17, 15) is 9.59 Å². The summed E-state index contributed by atoms with van der Waals surface area (Å²) >= 11 is 6.54. The summed E-state index contributed by atoms with van der Waals surface area (Å²) in [5.41, 5.74) is 9.87. The number of rotatable bonds is 3. The van der Waals surface area contributed by atoms with Crippen LogP contribution in [0, 0.1) is 13.8 Å². The van der Waals surface area contributed by atoms with Crippen LogP contribution in [-0.4, -0.2) is 20.9 Å². The first-order valence-electron chi connectivity index (χ1n) is 9.17. The lowest BCUT2D eigenvalue weighted by atomic mass is 9.85. The van der Waals surface area contributed by atoms with E-state index >= 15 is 0 Å². The van der Waals surface area contributed by atoms with Gasteiger partial charge < -0.3 is 10.7 Å². The Morgan fingerprint density at radius 1 is 1.17 bits per heavy atom. The molecule has 7 heteroatoms. The first kappa shape index (κ1) is 20.7. The van der Waals surface area contributed by atoms with Crippen LogP contribution >= 0.6 is 11.6 Å². The summed E-state index contributed by atoms with van der Waals surface area (Å²) in [6.45, 7) is 10.1. The van der Waals surface area contributed by atoms with E-state index in [1.54, 1.807) is 13.0 Å². The molecule has 0 aliphatic rings. The number of hydrogen-bond donors (Lipinski definition) is 2. The second kappa shape index (κ2) is 7.44. The number of primary amides is 1. The number of aromatic amines is 1. The Bertz CT molecular complexity index is 1180. The van der Waals surface area contributed by atoms with E-state index < -0.39 is 5.91 Å². The summed E-state index contributed by atoms with van der Waals surface area (Å²) < 4.78 is 0. The molecule has 2 aromatic heterocycles. The van der Waals surface area contributed by atoms with Gasteiger partial charge in [0.15, 0.2) is 5.43 Å². The molecule has 3 aromatic rings. The standard InChI is InChI=1S/C22H23ClN4O2/c1-11-8-14(22(3,4)5)15(23)9-13(11)17-10-18(28)19(12(2)26-17)16-6-7-25-21(27-16)20(24)29/h6-10H,1-5H3,(H2,24,29)(H,26,28). The molecule has 0 unspecified atom stereocenters. The normalized spacial score (nSPS) is 11.5. The molecule has 0 aliphatic heterocycles. The third-order valence-corrected chi connectivity index (χ3v) is 5.08. The Hall–Kier alpha value is -2.99. The van der Waals surface area contributed by atoms with E-state index in [1.807, 2.05) is 13.0 Å². The van der Waals surface area contributed by atoms with Crippen LogP contribution in [0.1, 0.15) is 48.2 Å². The second-order valence-corrected chi connectivity index (χ2v) is 8.48. The maximum absolute atomic E-state index is 12.9.